The van der Waals surface area contributed by atoms with Crippen molar-refractivity contribution in [3.63, 3.8) is 0 Å². The van der Waals surface area contributed by atoms with E-state index < -0.39 is 11.6 Å². The zero-order valence-electron chi connectivity index (χ0n) is 9.21. The Morgan fingerprint density at radius 2 is 1.88 bits per heavy atom. The molecule has 0 aromatic heterocycles. The van der Waals surface area contributed by atoms with Crippen molar-refractivity contribution < 1.29 is 13.5 Å². The molecule has 0 radical (unpaired) electrons. The molecule has 0 heterocycles. The zero-order chi connectivity index (χ0) is 12.4. The average Bonchev–Trinajstić information content (AvgIpc) is 2.28. The molecule has 88 valence electrons. The SMILES string of the molecule is Cc1cccc(N)c1Oc1cc(F)ccc1F. The van der Waals surface area contributed by atoms with Crippen molar-refractivity contribution in [3.05, 3.63) is 53.6 Å². The largest absolute Gasteiger partial charge is 0.452 e. The minimum atomic E-state index is -0.631. The molecule has 2 N–H and O–H groups in total. The van der Waals surface area contributed by atoms with Crippen LogP contribution in [0, 0.1) is 18.6 Å². The van der Waals surface area contributed by atoms with Gasteiger partial charge in [-0.25, -0.2) is 8.78 Å². The number of ether oxygens (including phenoxy) is 1. The van der Waals surface area contributed by atoms with Gasteiger partial charge in [0.05, 0.1) is 5.69 Å². The average molecular weight is 235 g/mol. The van der Waals surface area contributed by atoms with E-state index in [2.05, 4.69) is 0 Å². The van der Waals surface area contributed by atoms with Crippen molar-refractivity contribution in [2.45, 2.75) is 6.92 Å². The first-order chi connectivity index (χ1) is 8.08. The lowest BCUT2D eigenvalue weighted by Crippen LogP contribution is -1.96. The number of anilines is 1. The van der Waals surface area contributed by atoms with E-state index >= 15 is 0 Å². The van der Waals surface area contributed by atoms with Gasteiger partial charge in [0.25, 0.3) is 0 Å². The summed E-state index contributed by atoms with van der Waals surface area (Å²) < 4.78 is 31.7. The Balaban J connectivity index is 2.41. The zero-order valence-corrected chi connectivity index (χ0v) is 9.21. The molecule has 0 unspecified atom stereocenters. The molecule has 2 aromatic carbocycles. The normalized spacial score (nSPS) is 10.3. The van der Waals surface area contributed by atoms with Gasteiger partial charge in [0.1, 0.15) is 5.82 Å². The van der Waals surface area contributed by atoms with Gasteiger partial charge >= 0.3 is 0 Å². The quantitative estimate of drug-likeness (QED) is 0.806. The number of rotatable bonds is 2. The molecular weight excluding hydrogens is 224 g/mol. The molecule has 0 atom stereocenters. The van der Waals surface area contributed by atoms with Gasteiger partial charge < -0.3 is 10.5 Å². The fraction of sp³-hybridized carbons (Fsp3) is 0.0769. The lowest BCUT2D eigenvalue weighted by Gasteiger charge is -2.11. The topological polar surface area (TPSA) is 35.2 Å². The molecule has 4 heteroatoms. The van der Waals surface area contributed by atoms with E-state index in [0.717, 1.165) is 23.8 Å². The second kappa shape index (κ2) is 4.41. The van der Waals surface area contributed by atoms with Crippen LogP contribution in [-0.2, 0) is 0 Å². The third-order valence-corrected chi connectivity index (χ3v) is 2.35. The third kappa shape index (κ3) is 2.36. The number of halogens is 2. The van der Waals surface area contributed by atoms with Crippen LogP contribution in [-0.4, -0.2) is 0 Å². The van der Waals surface area contributed by atoms with E-state index in [1.807, 2.05) is 0 Å². The van der Waals surface area contributed by atoms with Crippen LogP contribution in [0.3, 0.4) is 0 Å². The summed E-state index contributed by atoms with van der Waals surface area (Å²) in [6.07, 6.45) is 0. The molecule has 0 aliphatic rings. The van der Waals surface area contributed by atoms with Crippen LogP contribution in [0.25, 0.3) is 0 Å². The van der Waals surface area contributed by atoms with Crippen molar-refractivity contribution in [3.8, 4) is 11.5 Å². The first kappa shape index (κ1) is 11.4. The van der Waals surface area contributed by atoms with Crippen molar-refractivity contribution in [1.29, 1.82) is 0 Å². The summed E-state index contributed by atoms with van der Waals surface area (Å²) in [4.78, 5) is 0. The van der Waals surface area contributed by atoms with E-state index in [-0.39, 0.29) is 5.75 Å². The summed E-state index contributed by atoms with van der Waals surface area (Å²) in [6.45, 7) is 1.78. The predicted octanol–water partition coefficient (Wildman–Crippen LogP) is 3.65. The van der Waals surface area contributed by atoms with E-state index in [1.165, 1.54) is 0 Å². The summed E-state index contributed by atoms with van der Waals surface area (Å²) in [5.74, 6) is -1.02. The highest BCUT2D eigenvalue weighted by atomic mass is 19.1. The van der Waals surface area contributed by atoms with Crippen LogP contribution in [0.15, 0.2) is 36.4 Å². The van der Waals surface area contributed by atoms with Crippen molar-refractivity contribution in [2.24, 2.45) is 0 Å². The molecule has 2 nitrogen and oxygen atoms in total. The molecule has 0 spiro atoms. The molecule has 0 amide bonds. The van der Waals surface area contributed by atoms with Crippen molar-refractivity contribution in [2.75, 3.05) is 5.73 Å². The van der Waals surface area contributed by atoms with Crippen LogP contribution in [0.5, 0.6) is 11.5 Å². The minimum Gasteiger partial charge on any atom is -0.452 e. The maximum Gasteiger partial charge on any atom is 0.166 e. The van der Waals surface area contributed by atoms with Crippen LogP contribution in [0.1, 0.15) is 5.56 Å². The summed E-state index contributed by atoms with van der Waals surface area (Å²) in [6, 6.07) is 8.21. The van der Waals surface area contributed by atoms with E-state index in [1.54, 1.807) is 25.1 Å². The monoisotopic (exact) mass is 235 g/mol. The van der Waals surface area contributed by atoms with E-state index in [9.17, 15) is 8.78 Å². The fourth-order valence-corrected chi connectivity index (χ4v) is 1.48. The molecule has 2 rings (SSSR count). The Kier molecular flexibility index (Phi) is 2.95. The van der Waals surface area contributed by atoms with Gasteiger partial charge in [-0.3, -0.25) is 0 Å². The lowest BCUT2D eigenvalue weighted by atomic mass is 10.2. The molecule has 0 saturated carbocycles. The Morgan fingerprint density at radius 1 is 1.12 bits per heavy atom. The summed E-state index contributed by atoms with van der Waals surface area (Å²) in [7, 11) is 0. The highest BCUT2D eigenvalue weighted by molar-refractivity contribution is 5.57. The Hall–Kier alpha value is -2.10. The van der Waals surface area contributed by atoms with Crippen LogP contribution in [0.4, 0.5) is 14.5 Å². The number of para-hydroxylation sites is 1. The Bertz CT molecular complexity index is 535. The molecule has 2 aromatic rings. The van der Waals surface area contributed by atoms with Gasteiger partial charge in [0, 0.05) is 6.07 Å². The second-order valence-electron chi connectivity index (χ2n) is 3.67. The third-order valence-electron chi connectivity index (χ3n) is 2.35. The van der Waals surface area contributed by atoms with Gasteiger partial charge in [0.15, 0.2) is 17.3 Å². The highest BCUT2D eigenvalue weighted by Gasteiger charge is 2.10. The van der Waals surface area contributed by atoms with Crippen molar-refractivity contribution >= 4 is 5.69 Å². The first-order valence-electron chi connectivity index (χ1n) is 5.06. The number of hydrogen-bond acceptors (Lipinski definition) is 2. The number of benzene rings is 2. The van der Waals surface area contributed by atoms with Gasteiger partial charge in [0.2, 0.25) is 0 Å². The minimum absolute atomic E-state index is 0.175. The smallest absolute Gasteiger partial charge is 0.166 e. The maximum atomic E-state index is 13.4. The predicted molar refractivity (Wildman–Crippen MR) is 62.0 cm³/mol. The van der Waals surface area contributed by atoms with E-state index in [4.69, 9.17) is 10.5 Å². The number of hydrogen-bond donors (Lipinski definition) is 1. The van der Waals surface area contributed by atoms with E-state index in [0.29, 0.717) is 11.4 Å². The second-order valence-corrected chi connectivity index (χ2v) is 3.67. The lowest BCUT2D eigenvalue weighted by molar-refractivity contribution is 0.436. The van der Waals surface area contributed by atoms with Gasteiger partial charge in [-0.05, 0) is 30.7 Å². The molecule has 0 fully saturated rings. The van der Waals surface area contributed by atoms with Gasteiger partial charge in [-0.15, -0.1) is 0 Å². The van der Waals surface area contributed by atoms with Crippen LogP contribution < -0.4 is 10.5 Å². The molecule has 17 heavy (non-hydrogen) atoms. The summed E-state index contributed by atoms with van der Waals surface area (Å²) in [5.41, 5.74) is 6.86. The van der Waals surface area contributed by atoms with Crippen LogP contribution >= 0.6 is 0 Å². The molecule has 0 saturated heterocycles. The number of aryl methyl sites for hydroxylation is 1. The highest BCUT2D eigenvalue weighted by Crippen LogP contribution is 2.32. The standard InChI is InChI=1S/C13H11F2NO/c1-8-3-2-4-11(16)13(8)17-12-7-9(14)5-6-10(12)15/h2-7H,16H2,1H3. The Labute approximate surface area is 97.6 Å². The molecule has 0 aliphatic carbocycles. The first-order valence-corrected chi connectivity index (χ1v) is 5.06. The van der Waals surface area contributed by atoms with Gasteiger partial charge in [-0.2, -0.15) is 0 Å². The number of nitrogens with two attached hydrogens (primary N) is 1. The number of nitrogen functional groups attached to an aromatic ring is 1. The summed E-state index contributed by atoms with van der Waals surface area (Å²) in [5, 5.41) is 0. The maximum absolute atomic E-state index is 13.4. The Morgan fingerprint density at radius 3 is 2.59 bits per heavy atom. The fourth-order valence-electron chi connectivity index (χ4n) is 1.48. The molecule has 0 aliphatic heterocycles. The summed E-state index contributed by atoms with van der Waals surface area (Å²) >= 11 is 0. The van der Waals surface area contributed by atoms with Gasteiger partial charge in [-0.1, -0.05) is 12.1 Å². The van der Waals surface area contributed by atoms with Crippen LogP contribution in [0.2, 0.25) is 0 Å². The van der Waals surface area contributed by atoms with Crippen molar-refractivity contribution in [1.82, 2.24) is 0 Å². The molecular formula is C13H11F2NO. The molecule has 0 bridgehead atoms.